The van der Waals surface area contributed by atoms with Gasteiger partial charge in [-0.05, 0) is 34.1 Å². The number of nitrogens with zero attached hydrogens (tertiary/aromatic N) is 2. The third kappa shape index (κ3) is 3.20. The molecule has 0 aliphatic carbocycles. The second kappa shape index (κ2) is 6.33. The van der Waals surface area contributed by atoms with Crippen molar-refractivity contribution >= 4 is 38.3 Å². The first kappa shape index (κ1) is 14.8. The van der Waals surface area contributed by atoms with Gasteiger partial charge >= 0.3 is 0 Å². The van der Waals surface area contributed by atoms with Gasteiger partial charge in [0.05, 0.1) is 5.56 Å². The van der Waals surface area contributed by atoms with Gasteiger partial charge in [0, 0.05) is 10.0 Å². The van der Waals surface area contributed by atoms with Crippen molar-refractivity contribution in [3.8, 4) is 10.6 Å². The highest BCUT2D eigenvalue weighted by atomic mass is 79.9. The Labute approximate surface area is 138 Å². The summed E-state index contributed by atoms with van der Waals surface area (Å²) in [6.45, 7) is 0. The van der Waals surface area contributed by atoms with E-state index in [1.165, 1.54) is 29.5 Å². The molecule has 2 aromatic carbocycles. The van der Waals surface area contributed by atoms with E-state index in [-0.39, 0.29) is 5.56 Å². The van der Waals surface area contributed by atoms with E-state index in [4.69, 9.17) is 0 Å². The molecule has 7 heteroatoms. The molecule has 0 aliphatic rings. The topological polar surface area (TPSA) is 54.9 Å². The molecule has 0 saturated heterocycles. The van der Waals surface area contributed by atoms with Crippen LogP contribution in [0.4, 0.5) is 9.52 Å². The van der Waals surface area contributed by atoms with E-state index in [2.05, 4.69) is 31.4 Å². The van der Waals surface area contributed by atoms with Crippen molar-refractivity contribution in [3.63, 3.8) is 0 Å². The number of amides is 1. The van der Waals surface area contributed by atoms with Crippen LogP contribution in [0.15, 0.2) is 53.0 Å². The fourth-order valence-electron chi connectivity index (χ4n) is 1.81. The van der Waals surface area contributed by atoms with Crippen LogP contribution in [0.3, 0.4) is 0 Å². The van der Waals surface area contributed by atoms with Crippen LogP contribution in [0.5, 0.6) is 0 Å². The Balaban J connectivity index is 1.81. The maximum Gasteiger partial charge on any atom is 0.258 e. The number of nitrogens with one attached hydrogen (secondary N) is 1. The molecule has 1 amide bonds. The van der Waals surface area contributed by atoms with E-state index in [1.54, 1.807) is 0 Å². The zero-order valence-electron chi connectivity index (χ0n) is 11.1. The minimum absolute atomic E-state index is 0.205. The summed E-state index contributed by atoms with van der Waals surface area (Å²) in [5.41, 5.74) is 1.13. The van der Waals surface area contributed by atoms with Gasteiger partial charge < -0.3 is 0 Å². The molecule has 110 valence electrons. The summed E-state index contributed by atoms with van der Waals surface area (Å²) in [6, 6.07) is 13.5. The van der Waals surface area contributed by atoms with Gasteiger partial charge in [0.1, 0.15) is 10.8 Å². The molecule has 0 unspecified atom stereocenters. The summed E-state index contributed by atoms with van der Waals surface area (Å²) in [7, 11) is 0. The lowest BCUT2D eigenvalue weighted by molar-refractivity contribution is 0.102. The molecule has 0 aliphatic heterocycles. The van der Waals surface area contributed by atoms with Gasteiger partial charge in [-0.15, -0.1) is 10.2 Å². The summed E-state index contributed by atoms with van der Waals surface area (Å²) in [4.78, 5) is 12.2. The van der Waals surface area contributed by atoms with Crippen molar-refractivity contribution in [2.75, 3.05) is 5.32 Å². The highest BCUT2D eigenvalue weighted by Gasteiger charge is 2.14. The highest BCUT2D eigenvalue weighted by molar-refractivity contribution is 9.10. The van der Waals surface area contributed by atoms with Crippen LogP contribution in [0.25, 0.3) is 10.6 Å². The van der Waals surface area contributed by atoms with Crippen molar-refractivity contribution in [2.24, 2.45) is 0 Å². The molecule has 0 saturated carbocycles. The van der Waals surface area contributed by atoms with E-state index >= 15 is 0 Å². The summed E-state index contributed by atoms with van der Waals surface area (Å²) >= 11 is 4.48. The maximum atomic E-state index is 13.2. The number of carbonyl (C=O) groups excluding carboxylic acids is 1. The van der Waals surface area contributed by atoms with Crippen LogP contribution in [-0.2, 0) is 0 Å². The summed E-state index contributed by atoms with van der Waals surface area (Å²) < 4.78 is 13.8. The van der Waals surface area contributed by atoms with Crippen molar-refractivity contribution in [2.45, 2.75) is 0 Å². The molecule has 0 spiro atoms. The number of aromatic nitrogens is 2. The molecule has 1 heterocycles. The van der Waals surface area contributed by atoms with E-state index in [0.717, 1.165) is 5.56 Å². The lowest BCUT2D eigenvalue weighted by Gasteiger charge is -2.03. The highest BCUT2D eigenvalue weighted by Crippen LogP contribution is 2.27. The lowest BCUT2D eigenvalue weighted by Crippen LogP contribution is -2.12. The molecule has 0 fully saturated rings. The van der Waals surface area contributed by atoms with Crippen molar-refractivity contribution in [3.05, 3.63) is 64.4 Å². The van der Waals surface area contributed by atoms with Gasteiger partial charge in [0.25, 0.3) is 5.91 Å². The molecule has 3 aromatic rings. The normalized spacial score (nSPS) is 10.5. The standard InChI is InChI=1S/C15H9BrFN3OS/c16-12-7-6-10(17)8-11(12)13(21)18-15-20-19-14(22-15)9-4-2-1-3-5-9/h1-8H,(H,18,20,21). The van der Waals surface area contributed by atoms with E-state index in [1.807, 2.05) is 30.3 Å². The van der Waals surface area contributed by atoms with Crippen LogP contribution in [0.1, 0.15) is 10.4 Å². The smallest absolute Gasteiger partial charge is 0.258 e. The second-order valence-electron chi connectivity index (χ2n) is 4.36. The van der Waals surface area contributed by atoms with Crippen molar-refractivity contribution in [1.82, 2.24) is 10.2 Å². The zero-order chi connectivity index (χ0) is 15.5. The first-order valence-corrected chi connectivity index (χ1v) is 7.90. The quantitative estimate of drug-likeness (QED) is 0.737. The minimum Gasteiger partial charge on any atom is -0.296 e. The number of rotatable bonds is 3. The molecule has 22 heavy (non-hydrogen) atoms. The molecule has 4 nitrogen and oxygen atoms in total. The van der Waals surface area contributed by atoms with Crippen LogP contribution in [0.2, 0.25) is 0 Å². The molecule has 1 N–H and O–H groups in total. The molecule has 3 rings (SSSR count). The number of benzene rings is 2. The molecule has 0 bridgehead atoms. The van der Waals surface area contributed by atoms with Crippen molar-refractivity contribution < 1.29 is 9.18 Å². The van der Waals surface area contributed by atoms with Gasteiger partial charge in [0.15, 0.2) is 0 Å². The van der Waals surface area contributed by atoms with Gasteiger partial charge in [-0.25, -0.2) is 4.39 Å². The second-order valence-corrected chi connectivity index (χ2v) is 6.19. The van der Waals surface area contributed by atoms with Crippen LogP contribution in [0, 0.1) is 5.82 Å². The van der Waals surface area contributed by atoms with Crippen LogP contribution >= 0.6 is 27.3 Å². The molecule has 0 radical (unpaired) electrons. The Morgan fingerprint density at radius 1 is 1.14 bits per heavy atom. The van der Waals surface area contributed by atoms with Gasteiger partial charge in [-0.2, -0.15) is 0 Å². The Bertz CT molecular complexity index is 823. The summed E-state index contributed by atoms with van der Waals surface area (Å²) in [5.74, 6) is -0.919. The predicted octanol–water partition coefficient (Wildman–Crippen LogP) is 4.36. The molecule has 0 atom stereocenters. The van der Waals surface area contributed by atoms with Crippen LogP contribution < -0.4 is 5.32 Å². The SMILES string of the molecule is O=C(Nc1nnc(-c2ccccc2)s1)c1cc(F)ccc1Br. The third-order valence-electron chi connectivity index (χ3n) is 2.84. The molecular weight excluding hydrogens is 369 g/mol. The van der Waals surface area contributed by atoms with E-state index in [9.17, 15) is 9.18 Å². The van der Waals surface area contributed by atoms with E-state index in [0.29, 0.717) is 14.6 Å². The molecular formula is C15H9BrFN3OS. The van der Waals surface area contributed by atoms with Gasteiger partial charge in [-0.1, -0.05) is 41.7 Å². The first-order valence-electron chi connectivity index (χ1n) is 6.29. The Morgan fingerprint density at radius 3 is 2.68 bits per heavy atom. The zero-order valence-corrected chi connectivity index (χ0v) is 13.5. The maximum absolute atomic E-state index is 13.2. The number of hydrogen-bond donors (Lipinski definition) is 1. The largest absolute Gasteiger partial charge is 0.296 e. The first-order chi connectivity index (χ1) is 10.6. The number of carbonyl (C=O) groups is 1. The fourth-order valence-corrected chi connectivity index (χ4v) is 2.98. The number of hydrogen-bond acceptors (Lipinski definition) is 4. The van der Waals surface area contributed by atoms with Crippen LogP contribution in [-0.4, -0.2) is 16.1 Å². The Hall–Kier alpha value is -2.12. The number of anilines is 1. The lowest BCUT2D eigenvalue weighted by atomic mass is 10.2. The summed E-state index contributed by atoms with van der Waals surface area (Å²) in [5, 5.41) is 11.7. The monoisotopic (exact) mass is 377 g/mol. The van der Waals surface area contributed by atoms with Gasteiger partial charge in [0.2, 0.25) is 5.13 Å². The van der Waals surface area contributed by atoms with E-state index < -0.39 is 11.7 Å². The number of halogens is 2. The fraction of sp³-hybridized carbons (Fsp3) is 0. The minimum atomic E-state index is -0.476. The molecule has 1 aromatic heterocycles. The third-order valence-corrected chi connectivity index (χ3v) is 4.42. The average molecular weight is 378 g/mol. The average Bonchev–Trinajstić information content (AvgIpc) is 2.99. The predicted molar refractivity (Wildman–Crippen MR) is 87.4 cm³/mol. The Morgan fingerprint density at radius 2 is 1.91 bits per heavy atom. The Kier molecular flexibility index (Phi) is 4.26. The summed E-state index contributed by atoms with van der Waals surface area (Å²) in [6.07, 6.45) is 0. The van der Waals surface area contributed by atoms with Gasteiger partial charge in [-0.3, -0.25) is 10.1 Å². The van der Waals surface area contributed by atoms with Crippen molar-refractivity contribution in [1.29, 1.82) is 0 Å².